The van der Waals surface area contributed by atoms with Crippen molar-refractivity contribution in [2.45, 2.75) is 13.8 Å². The Bertz CT molecular complexity index is 1360. The normalized spacial score (nSPS) is 13.4. The van der Waals surface area contributed by atoms with Crippen molar-refractivity contribution < 1.29 is 0 Å². The van der Waals surface area contributed by atoms with E-state index in [9.17, 15) is 0 Å². The predicted molar refractivity (Wildman–Crippen MR) is 134 cm³/mol. The lowest BCUT2D eigenvalue weighted by Crippen LogP contribution is -2.17. The zero-order valence-electron chi connectivity index (χ0n) is 19.1. The molecule has 0 amide bonds. The summed E-state index contributed by atoms with van der Waals surface area (Å²) < 4.78 is 1.85. The number of benzene rings is 2. The molecule has 7 nitrogen and oxygen atoms in total. The minimum atomic E-state index is 0.622. The molecule has 2 aromatic heterocycles. The fourth-order valence-corrected chi connectivity index (χ4v) is 4.18. The molecular formula is C24H28ClN7. The van der Waals surface area contributed by atoms with Crippen LogP contribution in [0, 0.1) is 6.92 Å². The second-order valence-electron chi connectivity index (χ2n) is 8.31. The average molecular weight is 450 g/mol. The number of nitrogens with zero attached hydrogens (tertiary/aromatic N) is 5. The Kier molecular flexibility index (Phi) is 6.04. The number of rotatable bonds is 6. The number of hydrogen-bond donors (Lipinski definition) is 2. The smallest absolute Gasteiger partial charge is 0.0679 e. The van der Waals surface area contributed by atoms with E-state index in [1.165, 1.54) is 0 Å². The zero-order chi connectivity index (χ0) is 23.0. The van der Waals surface area contributed by atoms with Gasteiger partial charge in [-0.2, -0.15) is 10.2 Å². The van der Waals surface area contributed by atoms with Crippen molar-refractivity contribution in [1.82, 2.24) is 24.9 Å². The van der Waals surface area contributed by atoms with Crippen LogP contribution < -0.4 is 5.73 Å². The van der Waals surface area contributed by atoms with E-state index >= 15 is 0 Å². The first-order valence-electron chi connectivity index (χ1n) is 10.5. The van der Waals surface area contributed by atoms with Crippen LogP contribution in [0.2, 0.25) is 5.02 Å². The molecular weight excluding hydrogens is 422 g/mol. The molecule has 4 aromatic rings. The molecule has 8 heteroatoms. The first-order chi connectivity index (χ1) is 15.3. The molecule has 2 aromatic carbocycles. The number of nitrogens with one attached hydrogen (secondary N) is 1. The maximum atomic E-state index is 6.87. The molecule has 4 rings (SSSR count). The summed E-state index contributed by atoms with van der Waals surface area (Å²) in [4.78, 5) is 6.95. The van der Waals surface area contributed by atoms with E-state index < -0.39 is 0 Å². The van der Waals surface area contributed by atoms with E-state index in [1.54, 1.807) is 6.20 Å². The van der Waals surface area contributed by atoms with Crippen molar-refractivity contribution in [2.75, 3.05) is 27.2 Å². The van der Waals surface area contributed by atoms with Gasteiger partial charge < -0.3 is 10.6 Å². The largest absolute Gasteiger partial charge is 0.398 e. The highest BCUT2D eigenvalue weighted by Crippen LogP contribution is 2.37. The Morgan fingerprint density at radius 1 is 1.25 bits per heavy atom. The van der Waals surface area contributed by atoms with Crippen LogP contribution in [0.15, 0.2) is 41.7 Å². The SMILES string of the molecule is CC(=NCCN(C)C)/C(=C(\N)c1ccc2c(cnn2C)c1)c1c(Cl)c(C)cc2[nH]ncc12. The number of halogens is 1. The number of likely N-dealkylation sites (N-methyl/N-ethyl adjacent to an activating group) is 1. The van der Waals surface area contributed by atoms with E-state index in [0.29, 0.717) is 17.3 Å². The number of hydrogen-bond acceptors (Lipinski definition) is 5. The maximum Gasteiger partial charge on any atom is 0.0679 e. The van der Waals surface area contributed by atoms with Crippen LogP contribution >= 0.6 is 11.6 Å². The third-order valence-electron chi connectivity index (χ3n) is 5.70. The summed E-state index contributed by atoms with van der Waals surface area (Å²) in [5.74, 6) is 0. The number of aryl methyl sites for hydroxylation is 2. The summed E-state index contributed by atoms with van der Waals surface area (Å²) >= 11 is 6.87. The Morgan fingerprint density at radius 2 is 2.03 bits per heavy atom. The summed E-state index contributed by atoms with van der Waals surface area (Å²) in [6, 6.07) is 8.11. The summed E-state index contributed by atoms with van der Waals surface area (Å²) in [5, 5.41) is 14.2. The minimum absolute atomic E-state index is 0.622. The quantitative estimate of drug-likeness (QED) is 0.340. The van der Waals surface area contributed by atoms with Gasteiger partial charge in [0, 0.05) is 46.9 Å². The molecule has 0 unspecified atom stereocenters. The number of aromatic amines is 1. The first-order valence-corrected chi connectivity index (χ1v) is 10.9. The van der Waals surface area contributed by atoms with Crippen molar-refractivity contribution in [2.24, 2.45) is 17.8 Å². The molecule has 0 saturated carbocycles. The number of H-pyrrole nitrogens is 1. The first kappa shape index (κ1) is 22.0. The van der Waals surface area contributed by atoms with Gasteiger partial charge in [-0.05, 0) is 57.3 Å². The average Bonchev–Trinajstić information content (AvgIpc) is 3.36. The molecule has 0 radical (unpaired) electrons. The Balaban J connectivity index is 1.97. The molecule has 0 aliphatic carbocycles. The fraction of sp³-hybridized carbons (Fsp3) is 0.292. The molecule has 32 heavy (non-hydrogen) atoms. The molecule has 0 bridgehead atoms. The van der Waals surface area contributed by atoms with Gasteiger partial charge in [0.25, 0.3) is 0 Å². The van der Waals surface area contributed by atoms with Gasteiger partial charge in [0.15, 0.2) is 0 Å². The third kappa shape index (κ3) is 4.01. The van der Waals surface area contributed by atoms with Gasteiger partial charge in [0.2, 0.25) is 0 Å². The van der Waals surface area contributed by atoms with Crippen molar-refractivity contribution in [1.29, 1.82) is 0 Å². The lowest BCUT2D eigenvalue weighted by Gasteiger charge is -2.17. The van der Waals surface area contributed by atoms with E-state index in [-0.39, 0.29) is 0 Å². The van der Waals surface area contributed by atoms with E-state index in [4.69, 9.17) is 22.3 Å². The topological polar surface area (TPSA) is 88.1 Å². The van der Waals surface area contributed by atoms with Gasteiger partial charge in [-0.1, -0.05) is 17.7 Å². The van der Waals surface area contributed by atoms with Gasteiger partial charge in [0.1, 0.15) is 0 Å². The van der Waals surface area contributed by atoms with Crippen LogP contribution in [0.1, 0.15) is 23.6 Å². The van der Waals surface area contributed by atoms with Gasteiger partial charge in [-0.3, -0.25) is 14.8 Å². The van der Waals surface area contributed by atoms with E-state index in [1.807, 2.05) is 64.1 Å². The van der Waals surface area contributed by atoms with Gasteiger partial charge in [-0.15, -0.1) is 0 Å². The summed E-state index contributed by atoms with van der Waals surface area (Å²) in [7, 11) is 5.99. The summed E-state index contributed by atoms with van der Waals surface area (Å²) in [6.45, 7) is 5.48. The van der Waals surface area contributed by atoms with Gasteiger partial charge in [0.05, 0.1) is 35.0 Å². The van der Waals surface area contributed by atoms with Crippen LogP contribution in [0.5, 0.6) is 0 Å². The van der Waals surface area contributed by atoms with Crippen LogP contribution in [-0.4, -0.2) is 57.8 Å². The van der Waals surface area contributed by atoms with Crippen molar-refractivity contribution in [3.63, 3.8) is 0 Å². The molecule has 0 spiro atoms. The maximum absolute atomic E-state index is 6.87. The van der Waals surface area contributed by atoms with Crippen LogP contribution in [-0.2, 0) is 7.05 Å². The highest BCUT2D eigenvalue weighted by Gasteiger charge is 2.21. The Morgan fingerprint density at radius 3 is 2.78 bits per heavy atom. The zero-order valence-corrected chi connectivity index (χ0v) is 19.8. The summed E-state index contributed by atoms with van der Waals surface area (Å²) in [5.41, 5.74) is 13.8. The lowest BCUT2D eigenvalue weighted by atomic mass is 9.92. The van der Waals surface area contributed by atoms with Crippen molar-refractivity contribution in [3.8, 4) is 0 Å². The minimum Gasteiger partial charge on any atom is -0.398 e. The van der Waals surface area contributed by atoms with Crippen LogP contribution in [0.25, 0.3) is 33.1 Å². The molecule has 0 aliphatic rings. The molecule has 0 fully saturated rings. The van der Waals surface area contributed by atoms with Crippen LogP contribution in [0.4, 0.5) is 0 Å². The van der Waals surface area contributed by atoms with Crippen LogP contribution in [0.3, 0.4) is 0 Å². The molecule has 166 valence electrons. The Hall–Kier alpha value is -3.16. The standard InChI is InChI=1S/C24H28ClN7/c1-14-10-19-18(13-28-30-19)22(23(14)25)21(15(2)27-8-9-31(3)4)24(26)16-6-7-20-17(11-16)12-29-32(20)5/h6-7,10-13H,8-9,26H2,1-5H3,(H,28,30)/b24-21+,27-15?. The number of fused-ring (bicyclic) bond motifs is 2. The third-order valence-corrected chi connectivity index (χ3v) is 6.19. The number of nitrogens with two attached hydrogens (primary N) is 1. The fourth-order valence-electron chi connectivity index (χ4n) is 3.93. The van der Waals surface area contributed by atoms with Crippen molar-refractivity contribution >= 4 is 50.4 Å². The molecule has 3 N–H and O–H groups in total. The predicted octanol–water partition coefficient (Wildman–Crippen LogP) is 4.26. The number of allylic oxidation sites excluding steroid dienone is 1. The monoisotopic (exact) mass is 449 g/mol. The number of aliphatic imine (C=N–C) groups is 1. The van der Waals surface area contributed by atoms with E-state index in [0.717, 1.165) is 56.3 Å². The second-order valence-corrected chi connectivity index (χ2v) is 8.69. The molecule has 0 aliphatic heterocycles. The number of aromatic nitrogens is 4. The highest BCUT2D eigenvalue weighted by molar-refractivity contribution is 6.40. The molecule has 0 atom stereocenters. The van der Waals surface area contributed by atoms with E-state index in [2.05, 4.69) is 26.3 Å². The highest BCUT2D eigenvalue weighted by atomic mass is 35.5. The summed E-state index contributed by atoms with van der Waals surface area (Å²) in [6.07, 6.45) is 3.64. The molecule has 0 saturated heterocycles. The van der Waals surface area contributed by atoms with Gasteiger partial charge >= 0.3 is 0 Å². The van der Waals surface area contributed by atoms with Gasteiger partial charge in [-0.25, -0.2) is 0 Å². The molecule has 2 heterocycles. The van der Waals surface area contributed by atoms with Crippen molar-refractivity contribution in [3.05, 3.63) is 58.4 Å². The second kappa shape index (κ2) is 8.76. The Labute approximate surface area is 192 Å². The lowest BCUT2D eigenvalue weighted by molar-refractivity contribution is 0.420.